The van der Waals surface area contributed by atoms with E-state index in [9.17, 15) is 4.79 Å². The zero-order valence-electron chi connectivity index (χ0n) is 12.8. The number of aliphatic hydroxyl groups is 1. The number of amides is 1. The fraction of sp³-hybridized carbons (Fsp3) is 0.312. The predicted molar refractivity (Wildman–Crippen MR) is 85.2 cm³/mol. The fourth-order valence-electron chi connectivity index (χ4n) is 2.25. The second kappa shape index (κ2) is 7.00. The number of aromatic nitrogens is 2. The van der Waals surface area contributed by atoms with E-state index >= 15 is 0 Å². The lowest BCUT2D eigenvalue weighted by atomic mass is 10.1. The molecule has 116 valence electrons. The molecule has 0 saturated heterocycles. The summed E-state index contributed by atoms with van der Waals surface area (Å²) in [7, 11) is 0. The monoisotopic (exact) mass is 300 g/mol. The summed E-state index contributed by atoms with van der Waals surface area (Å²) >= 11 is 0. The number of rotatable bonds is 6. The first kappa shape index (κ1) is 15.9. The minimum Gasteiger partial charge on any atom is -0.396 e. The quantitative estimate of drug-likeness (QED) is 0.845. The van der Waals surface area contributed by atoms with Crippen LogP contribution in [-0.4, -0.2) is 34.1 Å². The first-order valence-electron chi connectivity index (χ1n) is 7.16. The van der Waals surface area contributed by atoms with Gasteiger partial charge >= 0.3 is 0 Å². The van der Waals surface area contributed by atoms with Crippen molar-refractivity contribution in [3.8, 4) is 0 Å². The number of anilines is 2. The smallest absolute Gasteiger partial charge is 0.252 e. The molecule has 0 radical (unpaired) electrons. The molecular weight excluding hydrogens is 280 g/mol. The number of aryl methyl sites for hydroxylation is 1. The molecule has 2 rings (SSSR count). The van der Waals surface area contributed by atoms with Crippen molar-refractivity contribution < 1.29 is 9.90 Å². The van der Waals surface area contributed by atoms with Crippen LogP contribution in [0.5, 0.6) is 0 Å². The summed E-state index contributed by atoms with van der Waals surface area (Å²) in [6.07, 6.45) is 3.80. The van der Waals surface area contributed by atoms with Gasteiger partial charge in [0.2, 0.25) is 0 Å². The van der Waals surface area contributed by atoms with E-state index in [4.69, 9.17) is 10.8 Å². The van der Waals surface area contributed by atoms with Gasteiger partial charge in [0.1, 0.15) is 11.6 Å². The van der Waals surface area contributed by atoms with E-state index in [2.05, 4.69) is 9.97 Å². The topological polar surface area (TPSA) is 92.3 Å². The van der Waals surface area contributed by atoms with Crippen LogP contribution < -0.4 is 10.6 Å². The van der Waals surface area contributed by atoms with Crippen LogP contribution in [0.4, 0.5) is 11.6 Å². The molecule has 0 bridgehead atoms. The van der Waals surface area contributed by atoms with Crippen molar-refractivity contribution in [1.82, 2.24) is 9.97 Å². The molecule has 0 spiro atoms. The molecule has 0 saturated carbocycles. The fourth-order valence-corrected chi connectivity index (χ4v) is 2.25. The lowest BCUT2D eigenvalue weighted by molar-refractivity contribution is 0.100. The Balaban J connectivity index is 2.50. The maximum atomic E-state index is 11.8. The van der Waals surface area contributed by atoms with Gasteiger partial charge in [0.05, 0.1) is 5.56 Å². The minimum atomic E-state index is -0.548. The number of hydrogen-bond acceptors (Lipinski definition) is 5. The van der Waals surface area contributed by atoms with E-state index in [0.29, 0.717) is 30.2 Å². The molecule has 0 aromatic carbocycles. The highest BCUT2D eigenvalue weighted by atomic mass is 16.3. The lowest BCUT2D eigenvalue weighted by Crippen LogP contribution is -2.24. The maximum absolute atomic E-state index is 11.8. The van der Waals surface area contributed by atoms with E-state index in [1.165, 1.54) is 0 Å². The van der Waals surface area contributed by atoms with Gasteiger partial charge in [0, 0.05) is 25.5 Å². The Bertz CT molecular complexity index is 673. The number of carbonyl (C=O) groups excluding carboxylic acids is 1. The summed E-state index contributed by atoms with van der Waals surface area (Å²) < 4.78 is 0. The van der Waals surface area contributed by atoms with Gasteiger partial charge in [-0.1, -0.05) is 0 Å². The van der Waals surface area contributed by atoms with Crippen LogP contribution in [0.3, 0.4) is 0 Å². The molecule has 0 aliphatic heterocycles. The largest absolute Gasteiger partial charge is 0.396 e. The number of pyridine rings is 2. The highest BCUT2D eigenvalue weighted by molar-refractivity contribution is 5.98. The Morgan fingerprint density at radius 2 is 2.14 bits per heavy atom. The van der Waals surface area contributed by atoms with Gasteiger partial charge in [0.25, 0.3) is 5.91 Å². The predicted octanol–water partition coefficient (Wildman–Crippen LogP) is 1.58. The number of aliphatic hydroxyl groups excluding tert-OH is 1. The van der Waals surface area contributed by atoms with Gasteiger partial charge in [0.15, 0.2) is 0 Å². The average molecular weight is 300 g/mol. The summed E-state index contributed by atoms with van der Waals surface area (Å²) in [5, 5.41) is 9.02. The van der Waals surface area contributed by atoms with E-state index in [1.54, 1.807) is 18.5 Å². The Hall–Kier alpha value is -2.47. The number of carbonyl (C=O) groups is 1. The van der Waals surface area contributed by atoms with Gasteiger partial charge in [-0.3, -0.25) is 4.79 Å². The van der Waals surface area contributed by atoms with Crippen LogP contribution in [0.15, 0.2) is 30.6 Å². The van der Waals surface area contributed by atoms with Crippen LogP contribution in [0.1, 0.15) is 28.4 Å². The van der Waals surface area contributed by atoms with Crippen molar-refractivity contribution in [2.45, 2.75) is 20.3 Å². The summed E-state index contributed by atoms with van der Waals surface area (Å²) in [6.45, 7) is 4.53. The molecule has 0 atom stereocenters. The van der Waals surface area contributed by atoms with Crippen molar-refractivity contribution in [2.75, 3.05) is 18.1 Å². The Morgan fingerprint density at radius 3 is 2.73 bits per heavy atom. The summed E-state index contributed by atoms with van der Waals surface area (Å²) in [6, 6.07) is 5.51. The van der Waals surface area contributed by atoms with Crippen molar-refractivity contribution >= 4 is 17.5 Å². The molecule has 0 fully saturated rings. The zero-order chi connectivity index (χ0) is 16.1. The van der Waals surface area contributed by atoms with Crippen molar-refractivity contribution in [1.29, 1.82) is 0 Å². The van der Waals surface area contributed by atoms with Gasteiger partial charge in [-0.2, -0.15) is 0 Å². The Kier molecular flexibility index (Phi) is 5.06. The van der Waals surface area contributed by atoms with E-state index in [1.807, 2.05) is 30.9 Å². The molecular formula is C16H20N4O2. The zero-order valence-corrected chi connectivity index (χ0v) is 12.8. The highest BCUT2D eigenvalue weighted by Crippen LogP contribution is 2.26. The third-order valence-electron chi connectivity index (χ3n) is 3.34. The normalized spacial score (nSPS) is 10.5. The van der Waals surface area contributed by atoms with Crippen LogP contribution >= 0.6 is 0 Å². The van der Waals surface area contributed by atoms with E-state index in [0.717, 1.165) is 11.1 Å². The Morgan fingerprint density at radius 1 is 1.36 bits per heavy atom. The number of nitrogens with two attached hydrogens (primary N) is 1. The number of nitrogens with zero attached hydrogens (tertiary/aromatic N) is 3. The summed E-state index contributed by atoms with van der Waals surface area (Å²) in [5.41, 5.74) is 7.66. The molecule has 3 N–H and O–H groups in total. The van der Waals surface area contributed by atoms with Crippen LogP contribution in [0.25, 0.3) is 0 Å². The second-order valence-electron chi connectivity index (χ2n) is 4.99. The highest BCUT2D eigenvalue weighted by Gasteiger charge is 2.18. The molecule has 22 heavy (non-hydrogen) atoms. The average Bonchev–Trinajstić information content (AvgIpc) is 2.49. The standard InChI is InChI=1S/C16H20N4O2/c1-3-20(14-8-11(2)4-6-18-14)16-13(15(17)22)9-12(5-7-21)10-19-16/h4,6,8-10,21H,3,5,7H2,1-2H3,(H2,17,22). The van der Waals surface area contributed by atoms with Crippen molar-refractivity contribution in [3.63, 3.8) is 0 Å². The summed E-state index contributed by atoms with van der Waals surface area (Å²) in [5.74, 6) is 0.649. The van der Waals surface area contributed by atoms with Crippen LogP contribution in [0, 0.1) is 6.92 Å². The van der Waals surface area contributed by atoms with Crippen molar-refractivity contribution in [2.24, 2.45) is 5.73 Å². The number of hydrogen-bond donors (Lipinski definition) is 2. The van der Waals surface area contributed by atoms with Gasteiger partial charge in [-0.05, 0) is 49.6 Å². The molecule has 0 aliphatic carbocycles. The molecule has 2 aromatic heterocycles. The first-order chi connectivity index (χ1) is 10.6. The molecule has 1 amide bonds. The molecule has 0 unspecified atom stereocenters. The third-order valence-corrected chi connectivity index (χ3v) is 3.34. The SMILES string of the molecule is CCN(c1cc(C)ccn1)c1ncc(CCO)cc1C(N)=O. The molecule has 6 heteroatoms. The molecule has 2 aromatic rings. The van der Waals surface area contributed by atoms with Gasteiger partial charge in [-0.25, -0.2) is 9.97 Å². The van der Waals surface area contributed by atoms with Crippen LogP contribution in [0.2, 0.25) is 0 Å². The van der Waals surface area contributed by atoms with Crippen molar-refractivity contribution in [3.05, 3.63) is 47.3 Å². The first-order valence-corrected chi connectivity index (χ1v) is 7.16. The third kappa shape index (κ3) is 3.40. The minimum absolute atomic E-state index is 0.00381. The van der Waals surface area contributed by atoms with E-state index in [-0.39, 0.29) is 6.61 Å². The maximum Gasteiger partial charge on any atom is 0.252 e. The van der Waals surface area contributed by atoms with Gasteiger partial charge in [-0.15, -0.1) is 0 Å². The molecule has 6 nitrogen and oxygen atoms in total. The van der Waals surface area contributed by atoms with Crippen LogP contribution in [-0.2, 0) is 6.42 Å². The lowest BCUT2D eigenvalue weighted by Gasteiger charge is -2.23. The molecule has 0 aliphatic rings. The Labute approximate surface area is 129 Å². The summed E-state index contributed by atoms with van der Waals surface area (Å²) in [4.78, 5) is 22.3. The van der Waals surface area contributed by atoms with E-state index < -0.39 is 5.91 Å². The van der Waals surface area contributed by atoms with Gasteiger partial charge < -0.3 is 15.7 Å². The molecule has 2 heterocycles. The number of primary amides is 1. The second-order valence-corrected chi connectivity index (χ2v) is 4.99.